The van der Waals surface area contributed by atoms with E-state index < -0.39 is 5.97 Å². The Hall–Kier alpha value is -2.72. The number of rotatable bonds is 6. The molecule has 0 aliphatic rings. The van der Waals surface area contributed by atoms with Gasteiger partial charge >= 0.3 is 5.97 Å². The number of carbonyl (C=O) groups excluding carboxylic acids is 2. The number of ether oxygens (including phenoxy) is 1. The minimum absolute atomic E-state index is 0.182. The van der Waals surface area contributed by atoms with E-state index in [2.05, 4.69) is 4.98 Å². The lowest BCUT2D eigenvalue weighted by molar-refractivity contribution is -0.133. The van der Waals surface area contributed by atoms with Gasteiger partial charge in [0.2, 0.25) is 0 Å². The molecule has 1 aromatic carbocycles. The van der Waals surface area contributed by atoms with Gasteiger partial charge in [0.15, 0.2) is 12.3 Å². The van der Waals surface area contributed by atoms with E-state index in [1.807, 2.05) is 36.4 Å². The third-order valence-electron chi connectivity index (χ3n) is 3.05. The van der Waals surface area contributed by atoms with E-state index in [1.54, 1.807) is 12.4 Å². The summed E-state index contributed by atoms with van der Waals surface area (Å²) >= 11 is 1.34. The minimum Gasteiger partial charge on any atom is -0.451 e. The molecular weight excluding hydrogens is 314 g/mol. The zero-order chi connectivity index (χ0) is 16.7. The van der Waals surface area contributed by atoms with Crippen LogP contribution < -0.4 is 0 Å². The fraction of sp³-hybridized carbons (Fsp3) is 0.250. The highest BCUT2D eigenvalue weighted by Crippen LogP contribution is 2.23. The molecule has 0 saturated carbocycles. The normalized spacial score (nSPS) is 9.91. The third kappa shape index (κ3) is 4.63. The van der Waals surface area contributed by atoms with Crippen LogP contribution in [0.5, 0.6) is 0 Å². The number of hydrogen-bond donors (Lipinski definition) is 0. The molecule has 1 heterocycles. The van der Waals surface area contributed by atoms with Gasteiger partial charge in [-0.05, 0) is 0 Å². The van der Waals surface area contributed by atoms with Gasteiger partial charge in [-0.3, -0.25) is 4.79 Å². The van der Waals surface area contributed by atoms with E-state index in [9.17, 15) is 9.59 Å². The molecule has 1 aromatic heterocycles. The van der Waals surface area contributed by atoms with Crippen molar-refractivity contribution in [2.24, 2.45) is 0 Å². The summed E-state index contributed by atoms with van der Waals surface area (Å²) < 4.78 is 4.97. The molecule has 0 bridgehead atoms. The lowest BCUT2D eigenvalue weighted by atomic mass is 10.2. The Balaban J connectivity index is 1.91. The number of benzene rings is 1. The predicted molar refractivity (Wildman–Crippen MR) is 85.7 cm³/mol. The maximum absolute atomic E-state index is 11.9. The molecule has 0 radical (unpaired) electrons. The van der Waals surface area contributed by atoms with Crippen LogP contribution in [0.1, 0.15) is 16.9 Å². The number of esters is 1. The van der Waals surface area contributed by atoms with E-state index in [0.29, 0.717) is 6.54 Å². The second-order valence-corrected chi connectivity index (χ2v) is 5.56. The Kier molecular flexibility index (Phi) is 5.83. The summed E-state index contributed by atoms with van der Waals surface area (Å²) in [7, 11) is 1.56. The van der Waals surface area contributed by atoms with Gasteiger partial charge in [0.1, 0.15) is 5.01 Å². The van der Waals surface area contributed by atoms with Gasteiger partial charge in [-0.2, -0.15) is 5.26 Å². The summed E-state index contributed by atoms with van der Waals surface area (Å²) in [5.74, 6) is -0.988. The number of nitriles is 1. The highest BCUT2D eigenvalue weighted by molar-refractivity contribution is 7.13. The molecule has 6 nitrogen and oxygen atoms in total. The van der Waals surface area contributed by atoms with Crippen molar-refractivity contribution < 1.29 is 14.3 Å². The molecule has 7 heteroatoms. The second kappa shape index (κ2) is 8.06. The predicted octanol–water partition coefficient (Wildman–Crippen LogP) is 2.34. The highest BCUT2D eigenvalue weighted by Gasteiger charge is 2.16. The van der Waals surface area contributed by atoms with Gasteiger partial charge < -0.3 is 9.64 Å². The number of likely N-dealkylation sites (N-methyl/N-ethyl adjacent to an activating group) is 1. The van der Waals surface area contributed by atoms with Gasteiger partial charge in [0.05, 0.1) is 12.5 Å². The standard InChI is InChI=1S/C16H15N3O3S/c1-19(9-5-8-17)14(20)10-22-16(21)13-11-23-15(18-13)12-6-3-2-4-7-12/h2-4,6-7,11H,5,9-10H2,1H3. The molecule has 2 aromatic rings. The van der Waals surface area contributed by atoms with E-state index in [1.165, 1.54) is 16.2 Å². The van der Waals surface area contributed by atoms with Crippen LogP contribution in [0.25, 0.3) is 10.6 Å². The average molecular weight is 329 g/mol. The van der Waals surface area contributed by atoms with Crippen molar-refractivity contribution in [3.8, 4) is 16.6 Å². The van der Waals surface area contributed by atoms with E-state index in [0.717, 1.165) is 10.6 Å². The maximum atomic E-state index is 11.9. The van der Waals surface area contributed by atoms with Crippen molar-refractivity contribution in [3.05, 3.63) is 41.4 Å². The first kappa shape index (κ1) is 16.6. The van der Waals surface area contributed by atoms with E-state index in [4.69, 9.17) is 10.00 Å². The summed E-state index contributed by atoms with van der Waals surface area (Å²) in [5.41, 5.74) is 1.10. The molecule has 118 valence electrons. The molecule has 0 N–H and O–H groups in total. The largest absolute Gasteiger partial charge is 0.451 e. The van der Waals surface area contributed by atoms with Gasteiger partial charge in [-0.25, -0.2) is 9.78 Å². The van der Waals surface area contributed by atoms with Gasteiger partial charge in [-0.15, -0.1) is 11.3 Å². The number of nitrogens with zero attached hydrogens (tertiary/aromatic N) is 3. The topological polar surface area (TPSA) is 83.3 Å². The van der Waals surface area contributed by atoms with E-state index >= 15 is 0 Å². The highest BCUT2D eigenvalue weighted by atomic mass is 32.1. The lowest BCUT2D eigenvalue weighted by Gasteiger charge is -2.14. The summed E-state index contributed by atoms with van der Waals surface area (Å²) in [6, 6.07) is 11.5. The Morgan fingerprint density at radius 3 is 2.78 bits per heavy atom. The number of hydrogen-bond acceptors (Lipinski definition) is 6. The number of thiazole rings is 1. The monoisotopic (exact) mass is 329 g/mol. The quantitative estimate of drug-likeness (QED) is 0.760. The summed E-state index contributed by atoms with van der Waals surface area (Å²) in [5, 5.41) is 10.8. The second-order valence-electron chi connectivity index (χ2n) is 4.70. The molecule has 2 rings (SSSR count). The molecular formula is C16H15N3O3S. The SMILES string of the molecule is CN(CCC#N)C(=O)COC(=O)c1csc(-c2ccccc2)n1. The first-order chi connectivity index (χ1) is 11.1. The van der Waals surface area contributed by atoms with Crippen LogP contribution in [0.15, 0.2) is 35.7 Å². The fourth-order valence-electron chi connectivity index (χ4n) is 1.73. The Bertz CT molecular complexity index is 722. The Labute approximate surface area is 137 Å². The molecule has 0 saturated heterocycles. The van der Waals surface area contributed by atoms with Crippen LogP contribution >= 0.6 is 11.3 Å². The Morgan fingerprint density at radius 1 is 1.35 bits per heavy atom. The number of carbonyl (C=O) groups is 2. The minimum atomic E-state index is -0.634. The third-order valence-corrected chi connectivity index (χ3v) is 3.94. The molecule has 0 aliphatic carbocycles. The maximum Gasteiger partial charge on any atom is 0.358 e. The molecule has 0 unspecified atom stereocenters. The van der Waals surface area contributed by atoms with Crippen molar-refractivity contribution in [2.45, 2.75) is 6.42 Å². The van der Waals surface area contributed by atoms with Crippen LogP contribution in [-0.4, -0.2) is 42.0 Å². The summed E-state index contributed by atoms with van der Waals surface area (Å²) in [4.78, 5) is 29.2. The van der Waals surface area contributed by atoms with Crippen LogP contribution in [0, 0.1) is 11.3 Å². The Morgan fingerprint density at radius 2 is 2.09 bits per heavy atom. The van der Waals surface area contributed by atoms with Crippen LogP contribution in [-0.2, 0) is 9.53 Å². The van der Waals surface area contributed by atoms with Crippen molar-refractivity contribution in [2.75, 3.05) is 20.2 Å². The van der Waals surface area contributed by atoms with Crippen molar-refractivity contribution in [1.82, 2.24) is 9.88 Å². The van der Waals surface area contributed by atoms with Gasteiger partial charge in [0.25, 0.3) is 5.91 Å². The summed E-state index contributed by atoms with van der Waals surface area (Å²) in [6.45, 7) is -0.0549. The van der Waals surface area contributed by atoms with Crippen LogP contribution in [0.3, 0.4) is 0 Å². The first-order valence-corrected chi connectivity index (χ1v) is 7.78. The molecule has 1 amide bonds. The molecule has 0 atom stereocenters. The fourth-order valence-corrected chi connectivity index (χ4v) is 2.53. The summed E-state index contributed by atoms with van der Waals surface area (Å²) in [6.07, 6.45) is 0.239. The van der Waals surface area contributed by atoms with Crippen LogP contribution in [0.4, 0.5) is 0 Å². The number of aromatic nitrogens is 1. The smallest absolute Gasteiger partial charge is 0.358 e. The van der Waals surface area contributed by atoms with Gasteiger partial charge in [0, 0.05) is 24.5 Å². The first-order valence-electron chi connectivity index (χ1n) is 6.91. The lowest BCUT2D eigenvalue weighted by Crippen LogP contribution is -2.31. The molecule has 0 aliphatic heterocycles. The number of amides is 1. The van der Waals surface area contributed by atoms with Gasteiger partial charge in [-0.1, -0.05) is 30.3 Å². The zero-order valence-electron chi connectivity index (χ0n) is 12.6. The van der Waals surface area contributed by atoms with Crippen molar-refractivity contribution in [3.63, 3.8) is 0 Å². The molecule has 0 fully saturated rings. The van der Waals surface area contributed by atoms with Crippen molar-refractivity contribution >= 4 is 23.2 Å². The molecule has 0 spiro atoms. The zero-order valence-corrected chi connectivity index (χ0v) is 13.4. The van der Waals surface area contributed by atoms with E-state index in [-0.39, 0.29) is 24.6 Å². The average Bonchev–Trinajstić information content (AvgIpc) is 3.08. The van der Waals surface area contributed by atoms with Crippen LogP contribution in [0.2, 0.25) is 0 Å². The van der Waals surface area contributed by atoms with Crippen molar-refractivity contribution in [1.29, 1.82) is 5.26 Å². The molecule has 23 heavy (non-hydrogen) atoms.